The third-order valence-electron chi connectivity index (χ3n) is 5.31. The van der Waals surface area contributed by atoms with Crippen LogP contribution in [0.25, 0.3) is 0 Å². The molecular formula is C24H32N2O2. The molecule has 28 heavy (non-hydrogen) atoms. The first-order valence-electron chi connectivity index (χ1n) is 10.2. The number of carbonyl (C=O) groups excluding carboxylic acids is 1. The first-order chi connectivity index (χ1) is 13.3. The Balaban J connectivity index is 1.48. The Morgan fingerprint density at radius 2 is 1.57 bits per heavy atom. The second-order valence-electron chi connectivity index (χ2n) is 8.62. The topological polar surface area (TPSA) is 32.8 Å². The molecule has 0 aliphatic carbocycles. The molecule has 0 N–H and O–H groups in total. The molecule has 150 valence electrons. The molecule has 1 aliphatic heterocycles. The Morgan fingerprint density at radius 1 is 0.964 bits per heavy atom. The Bertz CT molecular complexity index is 757. The van der Waals surface area contributed by atoms with Gasteiger partial charge in [-0.3, -0.25) is 9.69 Å². The first-order valence-corrected chi connectivity index (χ1v) is 10.2. The second kappa shape index (κ2) is 8.78. The third kappa shape index (κ3) is 5.35. The maximum atomic E-state index is 12.7. The van der Waals surface area contributed by atoms with Gasteiger partial charge in [0.25, 0.3) is 5.91 Å². The van der Waals surface area contributed by atoms with Crippen molar-refractivity contribution in [3.05, 3.63) is 65.7 Å². The van der Waals surface area contributed by atoms with E-state index in [9.17, 15) is 4.79 Å². The lowest BCUT2D eigenvalue weighted by Gasteiger charge is -2.36. The average molecular weight is 381 g/mol. The molecule has 4 nitrogen and oxygen atoms in total. The summed E-state index contributed by atoms with van der Waals surface area (Å²) in [6.45, 7) is 12.8. The van der Waals surface area contributed by atoms with Crippen LogP contribution in [0.5, 0.6) is 5.75 Å². The predicted molar refractivity (Wildman–Crippen MR) is 114 cm³/mol. The minimum atomic E-state index is -0.459. The molecule has 0 bridgehead atoms. The van der Waals surface area contributed by atoms with Crippen LogP contribution in [0.1, 0.15) is 38.8 Å². The molecule has 2 aromatic carbocycles. The molecule has 1 aliphatic rings. The average Bonchev–Trinajstić information content (AvgIpc) is 2.68. The van der Waals surface area contributed by atoms with Crippen LogP contribution in [0.4, 0.5) is 0 Å². The van der Waals surface area contributed by atoms with E-state index in [0.717, 1.165) is 38.5 Å². The Kier molecular flexibility index (Phi) is 6.40. The van der Waals surface area contributed by atoms with Gasteiger partial charge in [-0.2, -0.15) is 0 Å². The molecule has 1 atom stereocenters. The molecule has 2 aromatic rings. The molecule has 1 fully saturated rings. The van der Waals surface area contributed by atoms with Crippen LogP contribution in [-0.4, -0.2) is 48.0 Å². The number of benzene rings is 2. The van der Waals surface area contributed by atoms with Crippen molar-refractivity contribution in [1.29, 1.82) is 0 Å². The van der Waals surface area contributed by atoms with Gasteiger partial charge in [0, 0.05) is 32.7 Å². The highest BCUT2D eigenvalue weighted by Crippen LogP contribution is 2.22. The lowest BCUT2D eigenvalue weighted by Crippen LogP contribution is -2.51. The minimum Gasteiger partial charge on any atom is -0.481 e. The highest BCUT2D eigenvalue weighted by Gasteiger charge is 2.26. The van der Waals surface area contributed by atoms with Gasteiger partial charge >= 0.3 is 0 Å². The van der Waals surface area contributed by atoms with Crippen molar-refractivity contribution >= 4 is 5.91 Å². The summed E-state index contributed by atoms with van der Waals surface area (Å²) < 4.78 is 5.79. The van der Waals surface area contributed by atoms with Crippen LogP contribution in [0.3, 0.4) is 0 Å². The third-order valence-corrected chi connectivity index (χ3v) is 5.31. The quantitative estimate of drug-likeness (QED) is 0.783. The highest BCUT2D eigenvalue weighted by atomic mass is 16.5. The number of hydrogen-bond acceptors (Lipinski definition) is 3. The zero-order valence-electron chi connectivity index (χ0n) is 17.5. The number of ether oxygens (including phenoxy) is 1. The van der Waals surface area contributed by atoms with E-state index in [4.69, 9.17) is 4.74 Å². The van der Waals surface area contributed by atoms with Crippen LogP contribution in [0.15, 0.2) is 54.6 Å². The Hall–Kier alpha value is -2.33. The number of hydrogen-bond donors (Lipinski definition) is 0. The lowest BCUT2D eigenvalue weighted by atomic mass is 9.87. The van der Waals surface area contributed by atoms with E-state index in [1.807, 2.05) is 42.2 Å². The molecule has 0 saturated carbocycles. The van der Waals surface area contributed by atoms with Gasteiger partial charge in [0.1, 0.15) is 5.75 Å². The summed E-state index contributed by atoms with van der Waals surface area (Å²) >= 11 is 0. The molecule has 4 heteroatoms. The molecule has 1 heterocycles. The zero-order chi connectivity index (χ0) is 20.1. The molecule has 3 rings (SSSR count). The summed E-state index contributed by atoms with van der Waals surface area (Å²) in [5, 5.41) is 0. The van der Waals surface area contributed by atoms with Crippen LogP contribution in [-0.2, 0) is 16.8 Å². The van der Waals surface area contributed by atoms with Gasteiger partial charge in [-0.1, -0.05) is 63.2 Å². The fourth-order valence-corrected chi connectivity index (χ4v) is 3.51. The molecule has 1 amide bonds. The molecule has 0 spiro atoms. The van der Waals surface area contributed by atoms with Crippen LogP contribution in [0.2, 0.25) is 0 Å². The van der Waals surface area contributed by atoms with Crippen molar-refractivity contribution in [3.63, 3.8) is 0 Å². The largest absolute Gasteiger partial charge is 0.481 e. The van der Waals surface area contributed by atoms with E-state index in [-0.39, 0.29) is 11.3 Å². The van der Waals surface area contributed by atoms with E-state index in [1.54, 1.807) is 0 Å². The van der Waals surface area contributed by atoms with Gasteiger partial charge in [-0.15, -0.1) is 0 Å². The fourth-order valence-electron chi connectivity index (χ4n) is 3.51. The molecule has 1 saturated heterocycles. The van der Waals surface area contributed by atoms with E-state index >= 15 is 0 Å². The number of amides is 1. The Morgan fingerprint density at radius 3 is 2.14 bits per heavy atom. The summed E-state index contributed by atoms with van der Waals surface area (Å²) in [6.07, 6.45) is -0.459. The van der Waals surface area contributed by atoms with Crippen LogP contribution >= 0.6 is 0 Å². The summed E-state index contributed by atoms with van der Waals surface area (Å²) in [5.74, 6) is 0.804. The number of rotatable bonds is 5. The van der Waals surface area contributed by atoms with Crippen molar-refractivity contribution in [2.45, 2.75) is 45.8 Å². The first kappa shape index (κ1) is 20.4. The Labute approximate surface area is 169 Å². The van der Waals surface area contributed by atoms with Gasteiger partial charge in [-0.05, 0) is 35.6 Å². The summed E-state index contributed by atoms with van der Waals surface area (Å²) in [4.78, 5) is 17.0. The fraction of sp³-hybridized carbons (Fsp3) is 0.458. The number of carbonyl (C=O) groups is 1. The SMILES string of the molecule is CC(Oc1ccccc1)C(=O)N1CCN(Cc2ccc(C(C)(C)C)cc2)CC1. The van der Waals surface area contributed by atoms with Crippen molar-refractivity contribution in [2.24, 2.45) is 0 Å². The van der Waals surface area contributed by atoms with Crippen molar-refractivity contribution < 1.29 is 9.53 Å². The summed E-state index contributed by atoms with van der Waals surface area (Å²) in [5.41, 5.74) is 2.87. The van der Waals surface area contributed by atoms with Crippen molar-refractivity contribution in [2.75, 3.05) is 26.2 Å². The smallest absolute Gasteiger partial charge is 0.263 e. The van der Waals surface area contributed by atoms with E-state index < -0.39 is 6.10 Å². The van der Waals surface area contributed by atoms with Crippen LogP contribution < -0.4 is 4.74 Å². The molecule has 1 unspecified atom stereocenters. The monoisotopic (exact) mass is 380 g/mol. The van der Waals surface area contributed by atoms with Gasteiger partial charge in [0.05, 0.1) is 0 Å². The number of nitrogens with zero attached hydrogens (tertiary/aromatic N) is 2. The van der Waals surface area contributed by atoms with E-state index in [0.29, 0.717) is 0 Å². The summed E-state index contributed by atoms with van der Waals surface area (Å²) in [7, 11) is 0. The highest BCUT2D eigenvalue weighted by molar-refractivity contribution is 5.81. The van der Waals surface area contributed by atoms with Crippen molar-refractivity contribution in [1.82, 2.24) is 9.80 Å². The second-order valence-corrected chi connectivity index (χ2v) is 8.62. The van der Waals surface area contributed by atoms with Crippen molar-refractivity contribution in [3.8, 4) is 5.75 Å². The molecule has 0 radical (unpaired) electrons. The van der Waals surface area contributed by atoms with Gasteiger partial charge < -0.3 is 9.64 Å². The summed E-state index contributed by atoms with van der Waals surface area (Å²) in [6, 6.07) is 18.5. The lowest BCUT2D eigenvalue weighted by molar-refractivity contribution is -0.139. The molecule has 0 aromatic heterocycles. The van der Waals surface area contributed by atoms with Crippen LogP contribution in [0, 0.1) is 0 Å². The number of para-hydroxylation sites is 1. The maximum Gasteiger partial charge on any atom is 0.263 e. The number of piperazine rings is 1. The van der Waals surface area contributed by atoms with Gasteiger partial charge in [0.15, 0.2) is 6.10 Å². The van der Waals surface area contributed by atoms with E-state index in [2.05, 4.69) is 49.9 Å². The van der Waals surface area contributed by atoms with Gasteiger partial charge in [-0.25, -0.2) is 0 Å². The minimum absolute atomic E-state index is 0.0676. The predicted octanol–water partition coefficient (Wildman–Crippen LogP) is 4.10. The zero-order valence-corrected chi connectivity index (χ0v) is 17.5. The van der Waals surface area contributed by atoms with E-state index in [1.165, 1.54) is 11.1 Å². The normalized spacial score (nSPS) is 16.6. The molecular weight excluding hydrogens is 348 g/mol. The standard InChI is InChI=1S/C24H32N2O2/c1-19(28-22-8-6-5-7-9-22)23(27)26-16-14-25(15-17-26)18-20-10-12-21(13-11-20)24(2,3)4/h5-13,19H,14-18H2,1-4H3. The maximum absolute atomic E-state index is 12.7. The van der Waals surface area contributed by atoms with Gasteiger partial charge in [0.2, 0.25) is 0 Å².